The van der Waals surface area contributed by atoms with Gasteiger partial charge in [0, 0.05) is 6.54 Å². The molecule has 1 aromatic rings. The van der Waals surface area contributed by atoms with Crippen LogP contribution < -0.4 is 5.32 Å². The Hall–Kier alpha value is -1.35. The molecule has 3 nitrogen and oxygen atoms in total. The average Bonchev–Trinajstić information content (AvgIpc) is 2.50. The number of hydrogen-bond donors (Lipinski definition) is 1. The van der Waals surface area contributed by atoms with Gasteiger partial charge >= 0.3 is 5.97 Å². The maximum absolute atomic E-state index is 12.0. The topological polar surface area (TPSA) is 38.3 Å². The highest BCUT2D eigenvalue weighted by atomic mass is 16.5. The van der Waals surface area contributed by atoms with E-state index in [1.54, 1.807) is 0 Å². The molecular weight excluding hydrogens is 250 g/mol. The van der Waals surface area contributed by atoms with Gasteiger partial charge in [0.1, 0.15) is 6.04 Å². The van der Waals surface area contributed by atoms with Crippen molar-refractivity contribution in [2.45, 2.75) is 58.0 Å². The Morgan fingerprint density at radius 3 is 2.75 bits per heavy atom. The van der Waals surface area contributed by atoms with Gasteiger partial charge in [-0.1, -0.05) is 56.9 Å². The Morgan fingerprint density at radius 2 is 1.95 bits per heavy atom. The first-order chi connectivity index (χ1) is 9.81. The maximum atomic E-state index is 12.0. The van der Waals surface area contributed by atoms with Crippen LogP contribution in [0, 0.1) is 0 Å². The van der Waals surface area contributed by atoms with Crippen LogP contribution in [0.4, 0.5) is 0 Å². The van der Waals surface area contributed by atoms with Gasteiger partial charge in [-0.05, 0) is 24.0 Å². The fourth-order valence-electron chi connectivity index (χ4n) is 2.60. The van der Waals surface area contributed by atoms with Gasteiger partial charge in [0.25, 0.3) is 0 Å². The van der Waals surface area contributed by atoms with Gasteiger partial charge in [-0.3, -0.25) is 4.79 Å². The van der Waals surface area contributed by atoms with Crippen LogP contribution in [0.1, 0.15) is 50.2 Å². The maximum Gasteiger partial charge on any atom is 0.323 e. The minimum atomic E-state index is -0.180. The van der Waals surface area contributed by atoms with Crippen LogP contribution in [-0.2, 0) is 22.5 Å². The first kappa shape index (κ1) is 15.0. The Kier molecular flexibility index (Phi) is 6.06. The highest BCUT2D eigenvalue weighted by Crippen LogP contribution is 2.17. The van der Waals surface area contributed by atoms with E-state index in [9.17, 15) is 4.79 Å². The smallest absolute Gasteiger partial charge is 0.323 e. The Labute approximate surface area is 121 Å². The molecule has 0 amide bonds. The quantitative estimate of drug-likeness (QED) is 0.613. The van der Waals surface area contributed by atoms with Crippen molar-refractivity contribution in [1.82, 2.24) is 5.32 Å². The van der Waals surface area contributed by atoms with Crippen molar-refractivity contribution < 1.29 is 9.53 Å². The summed E-state index contributed by atoms with van der Waals surface area (Å²) in [5, 5.41) is 3.26. The zero-order chi connectivity index (χ0) is 14.2. The number of fused-ring (bicyclic) bond motifs is 1. The summed E-state index contributed by atoms with van der Waals surface area (Å²) in [6.45, 7) is 3.52. The minimum absolute atomic E-state index is 0.102. The van der Waals surface area contributed by atoms with Crippen molar-refractivity contribution >= 4 is 5.97 Å². The first-order valence-corrected chi connectivity index (χ1v) is 7.78. The molecule has 3 heteroatoms. The van der Waals surface area contributed by atoms with Gasteiger partial charge in [-0.25, -0.2) is 0 Å². The number of carbonyl (C=O) groups excluding carboxylic acids is 1. The molecule has 2 rings (SSSR count). The fraction of sp³-hybridized carbons (Fsp3) is 0.588. The Morgan fingerprint density at radius 1 is 1.20 bits per heavy atom. The predicted octanol–water partition coefficient (Wildman–Crippen LogP) is 3.21. The van der Waals surface area contributed by atoms with Crippen LogP contribution in [0.5, 0.6) is 0 Å². The molecule has 0 radical (unpaired) electrons. The van der Waals surface area contributed by atoms with Gasteiger partial charge in [0.05, 0.1) is 6.61 Å². The van der Waals surface area contributed by atoms with Gasteiger partial charge in [-0.15, -0.1) is 0 Å². The summed E-state index contributed by atoms with van der Waals surface area (Å²) in [7, 11) is 0. The molecule has 20 heavy (non-hydrogen) atoms. The Bertz CT molecular complexity index is 431. The zero-order valence-electron chi connectivity index (χ0n) is 12.4. The third kappa shape index (κ3) is 4.34. The van der Waals surface area contributed by atoms with Gasteiger partial charge in [0.15, 0.2) is 0 Å². The number of carbonyl (C=O) groups is 1. The highest BCUT2D eigenvalue weighted by molar-refractivity contribution is 5.76. The monoisotopic (exact) mass is 275 g/mol. The molecule has 1 aliphatic heterocycles. The van der Waals surface area contributed by atoms with Crippen molar-refractivity contribution in [1.29, 1.82) is 0 Å². The molecule has 1 heterocycles. The first-order valence-electron chi connectivity index (χ1n) is 7.78. The lowest BCUT2D eigenvalue weighted by Gasteiger charge is -2.24. The van der Waals surface area contributed by atoms with E-state index in [4.69, 9.17) is 4.74 Å². The number of hydrogen-bond acceptors (Lipinski definition) is 3. The summed E-state index contributed by atoms with van der Waals surface area (Å²) in [6, 6.07) is 8.09. The normalized spacial score (nSPS) is 17.6. The van der Waals surface area contributed by atoms with E-state index in [2.05, 4.69) is 24.4 Å². The van der Waals surface area contributed by atoms with Gasteiger partial charge in [0.2, 0.25) is 0 Å². The number of rotatable bonds is 7. The lowest BCUT2D eigenvalue weighted by molar-refractivity contribution is -0.146. The molecule has 0 fully saturated rings. The molecule has 1 aliphatic rings. The van der Waals surface area contributed by atoms with E-state index in [-0.39, 0.29) is 12.0 Å². The number of nitrogens with one attached hydrogen (secondary N) is 1. The molecule has 0 spiro atoms. The molecule has 0 aliphatic carbocycles. The number of esters is 1. The minimum Gasteiger partial charge on any atom is -0.465 e. The molecule has 1 aromatic carbocycles. The predicted molar refractivity (Wildman–Crippen MR) is 80.5 cm³/mol. The van der Waals surface area contributed by atoms with Crippen molar-refractivity contribution in [3.63, 3.8) is 0 Å². The molecule has 0 saturated carbocycles. The summed E-state index contributed by atoms with van der Waals surface area (Å²) >= 11 is 0. The van der Waals surface area contributed by atoms with Gasteiger partial charge in [-0.2, -0.15) is 0 Å². The van der Waals surface area contributed by atoms with E-state index in [1.807, 2.05) is 12.1 Å². The molecule has 0 saturated heterocycles. The van der Waals surface area contributed by atoms with Crippen LogP contribution >= 0.6 is 0 Å². The van der Waals surface area contributed by atoms with Crippen molar-refractivity contribution in [3.8, 4) is 0 Å². The number of unbranched alkanes of at least 4 members (excludes halogenated alkanes) is 4. The summed E-state index contributed by atoms with van der Waals surface area (Å²) < 4.78 is 5.38. The largest absolute Gasteiger partial charge is 0.465 e. The molecule has 0 aromatic heterocycles. The second-order valence-corrected chi connectivity index (χ2v) is 5.49. The van der Waals surface area contributed by atoms with Crippen LogP contribution in [-0.4, -0.2) is 18.6 Å². The summed E-state index contributed by atoms with van der Waals surface area (Å²) in [5.74, 6) is -0.102. The second kappa shape index (κ2) is 8.05. The molecule has 1 N–H and O–H groups in total. The van der Waals surface area contributed by atoms with E-state index in [0.29, 0.717) is 6.61 Å². The van der Waals surface area contributed by atoms with Crippen molar-refractivity contribution in [2.75, 3.05) is 6.61 Å². The number of ether oxygens (including phenoxy) is 1. The lowest BCUT2D eigenvalue weighted by Crippen LogP contribution is -2.42. The van der Waals surface area contributed by atoms with E-state index >= 15 is 0 Å². The lowest BCUT2D eigenvalue weighted by atomic mass is 9.96. The molecule has 0 unspecified atom stereocenters. The van der Waals surface area contributed by atoms with Crippen LogP contribution in [0.15, 0.2) is 24.3 Å². The zero-order valence-corrected chi connectivity index (χ0v) is 12.4. The molecule has 1 atom stereocenters. The van der Waals surface area contributed by atoms with Crippen molar-refractivity contribution in [2.24, 2.45) is 0 Å². The molecule has 0 bridgehead atoms. The number of benzene rings is 1. The third-order valence-corrected chi connectivity index (χ3v) is 3.86. The molecular formula is C17H25NO2. The van der Waals surface area contributed by atoms with E-state index < -0.39 is 0 Å². The highest BCUT2D eigenvalue weighted by Gasteiger charge is 2.24. The van der Waals surface area contributed by atoms with E-state index in [0.717, 1.165) is 25.8 Å². The van der Waals surface area contributed by atoms with Crippen LogP contribution in [0.25, 0.3) is 0 Å². The average molecular weight is 275 g/mol. The van der Waals surface area contributed by atoms with E-state index in [1.165, 1.54) is 30.4 Å². The van der Waals surface area contributed by atoms with Crippen LogP contribution in [0.3, 0.4) is 0 Å². The third-order valence-electron chi connectivity index (χ3n) is 3.86. The second-order valence-electron chi connectivity index (χ2n) is 5.49. The summed E-state index contributed by atoms with van der Waals surface area (Å²) in [6.07, 6.45) is 6.63. The SMILES string of the molecule is CCCCCCCOC(=O)[C@@H]1Cc2ccccc2CN1. The summed E-state index contributed by atoms with van der Waals surface area (Å²) in [4.78, 5) is 12.0. The van der Waals surface area contributed by atoms with Crippen molar-refractivity contribution in [3.05, 3.63) is 35.4 Å². The van der Waals surface area contributed by atoms with Gasteiger partial charge < -0.3 is 10.1 Å². The van der Waals surface area contributed by atoms with Crippen LogP contribution in [0.2, 0.25) is 0 Å². The molecule has 110 valence electrons. The summed E-state index contributed by atoms with van der Waals surface area (Å²) in [5.41, 5.74) is 2.55. The Balaban J connectivity index is 1.69. The fourth-order valence-corrected chi connectivity index (χ4v) is 2.60. The standard InChI is InChI=1S/C17H25NO2/c1-2-3-4-5-8-11-20-17(19)16-12-14-9-6-7-10-15(14)13-18-16/h6-7,9-10,16,18H,2-5,8,11-13H2,1H3/t16-/m0/s1.